The van der Waals surface area contributed by atoms with Gasteiger partial charge in [-0.2, -0.15) is 0 Å². The van der Waals surface area contributed by atoms with E-state index in [9.17, 15) is 0 Å². The predicted molar refractivity (Wildman–Crippen MR) is 65.6 cm³/mol. The van der Waals surface area contributed by atoms with E-state index in [1.807, 2.05) is 12.1 Å². The van der Waals surface area contributed by atoms with Gasteiger partial charge in [0.25, 0.3) is 0 Å². The number of rotatable bonds is 3. The van der Waals surface area contributed by atoms with Crippen molar-refractivity contribution in [2.75, 3.05) is 14.2 Å². The molecule has 6 heteroatoms. The number of ether oxygens (including phenoxy) is 2. The second-order valence-electron chi connectivity index (χ2n) is 2.93. The normalized spacial score (nSPS) is 10.2. The monoisotopic (exact) mass is 332 g/mol. The SMILES string of the molecule is COc1cc(I)c(-c2nnco2)cc1OC. The highest BCUT2D eigenvalue weighted by Crippen LogP contribution is 2.35. The van der Waals surface area contributed by atoms with Gasteiger partial charge in [-0.15, -0.1) is 10.2 Å². The highest BCUT2D eigenvalue weighted by molar-refractivity contribution is 14.1. The Kier molecular flexibility index (Phi) is 3.28. The van der Waals surface area contributed by atoms with Crippen LogP contribution in [-0.2, 0) is 0 Å². The molecule has 84 valence electrons. The quantitative estimate of drug-likeness (QED) is 0.808. The summed E-state index contributed by atoms with van der Waals surface area (Å²) in [6.07, 6.45) is 1.29. The van der Waals surface area contributed by atoms with Crippen LogP contribution in [0.4, 0.5) is 0 Å². The molecule has 1 heterocycles. The first-order valence-corrected chi connectivity index (χ1v) is 5.52. The summed E-state index contributed by atoms with van der Waals surface area (Å²) in [6, 6.07) is 3.67. The zero-order valence-electron chi connectivity index (χ0n) is 8.73. The van der Waals surface area contributed by atoms with Crippen LogP contribution in [0.1, 0.15) is 0 Å². The molecule has 0 atom stereocenters. The second-order valence-corrected chi connectivity index (χ2v) is 4.09. The fraction of sp³-hybridized carbons (Fsp3) is 0.200. The lowest BCUT2D eigenvalue weighted by Crippen LogP contribution is -1.93. The van der Waals surface area contributed by atoms with Crippen LogP contribution in [0.15, 0.2) is 22.9 Å². The number of hydrogen-bond donors (Lipinski definition) is 0. The first-order valence-electron chi connectivity index (χ1n) is 4.44. The molecule has 0 radical (unpaired) electrons. The van der Waals surface area contributed by atoms with Gasteiger partial charge in [0, 0.05) is 3.57 Å². The zero-order valence-corrected chi connectivity index (χ0v) is 10.9. The van der Waals surface area contributed by atoms with Crippen LogP contribution in [-0.4, -0.2) is 24.4 Å². The molecule has 0 saturated carbocycles. The third-order valence-corrected chi connectivity index (χ3v) is 2.96. The average molecular weight is 332 g/mol. The Morgan fingerprint density at radius 1 is 1.19 bits per heavy atom. The van der Waals surface area contributed by atoms with Gasteiger partial charge in [-0.25, -0.2) is 0 Å². The van der Waals surface area contributed by atoms with Gasteiger partial charge in [0.05, 0.1) is 19.8 Å². The molecule has 0 aliphatic carbocycles. The van der Waals surface area contributed by atoms with Crippen LogP contribution in [0, 0.1) is 3.57 Å². The van der Waals surface area contributed by atoms with Crippen molar-refractivity contribution in [3.05, 3.63) is 22.1 Å². The standard InChI is InChI=1S/C10H9IN2O3/c1-14-8-3-6(10-13-12-5-16-10)7(11)4-9(8)15-2/h3-5H,1-2H3. The summed E-state index contributed by atoms with van der Waals surface area (Å²) in [4.78, 5) is 0. The largest absolute Gasteiger partial charge is 0.493 e. The molecule has 2 rings (SSSR count). The van der Waals surface area contributed by atoms with Gasteiger partial charge in [0.2, 0.25) is 12.3 Å². The molecule has 0 aliphatic rings. The molecule has 1 aromatic heterocycles. The minimum Gasteiger partial charge on any atom is -0.493 e. The Labute approximate surface area is 106 Å². The van der Waals surface area contributed by atoms with Gasteiger partial charge in [0.1, 0.15) is 0 Å². The Morgan fingerprint density at radius 3 is 2.44 bits per heavy atom. The van der Waals surface area contributed by atoms with Crippen LogP contribution >= 0.6 is 22.6 Å². The van der Waals surface area contributed by atoms with E-state index < -0.39 is 0 Å². The Bertz CT molecular complexity index is 485. The minimum absolute atomic E-state index is 0.463. The van der Waals surface area contributed by atoms with E-state index in [-0.39, 0.29) is 0 Å². The molecule has 0 spiro atoms. The van der Waals surface area contributed by atoms with Crippen molar-refractivity contribution in [3.63, 3.8) is 0 Å². The van der Waals surface area contributed by atoms with Crippen LogP contribution in [0.5, 0.6) is 11.5 Å². The average Bonchev–Trinajstić information content (AvgIpc) is 2.82. The number of halogens is 1. The van der Waals surface area contributed by atoms with Crippen molar-refractivity contribution < 1.29 is 13.9 Å². The van der Waals surface area contributed by atoms with E-state index in [1.165, 1.54) is 6.39 Å². The summed E-state index contributed by atoms with van der Waals surface area (Å²) < 4.78 is 16.5. The molecule has 1 aromatic carbocycles. The van der Waals surface area contributed by atoms with Gasteiger partial charge >= 0.3 is 0 Å². The first kappa shape index (κ1) is 11.2. The highest BCUT2D eigenvalue weighted by Gasteiger charge is 2.14. The van der Waals surface area contributed by atoms with Crippen molar-refractivity contribution in [2.24, 2.45) is 0 Å². The van der Waals surface area contributed by atoms with Gasteiger partial charge < -0.3 is 13.9 Å². The third kappa shape index (κ3) is 1.97. The first-order chi connectivity index (χ1) is 7.76. The highest BCUT2D eigenvalue weighted by atomic mass is 127. The van der Waals surface area contributed by atoms with Crippen molar-refractivity contribution in [3.8, 4) is 23.0 Å². The van der Waals surface area contributed by atoms with Gasteiger partial charge in [-0.1, -0.05) is 0 Å². The summed E-state index contributed by atoms with van der Waals surface area (Å²) >= 11 is 2.18. The molecule has 0 N–H and O–H groups in total. The number of methoxy groups -OCH3 is 2. The van der Waals surface area contributed by atoms with Crippen LogP contribution in [0.2, 0.25) is 0 Å². The molecule has 2 aromatic rings. The maximum Gasteiger partial charge on any atom is 0.248 e. The Morgan fingerprint density at radius 2 is 1.88 bits per heavy atom. The molecule has 0 bridgehead atoms. The maximum atomic E-state index is 5.21. The maximum absolute atomic E-state index is 5.21. The van der Waals surface area contributed by atoms with E-state index in [0.29, 0.717) is 17.4 Å². The van der Waals surface area contributed by atoms with E-state index in [4.69, 9.17) is 13.9 Å². The molecule has 0 saturated heterocycles. The summed E-state index contributed by atoms with van der Waals surface area (Å²) in [5.74, 6) is 1.77. The summed E-state index contributed by atoms with van der Waals surface area (Å²) in [5, 5.41) is 7.51. The Hall–Kier alpha value is -1.31. The van der Waals surface area contributed by atoms with Crippen molar-refractivity contribution in [1.82, 2.24) is 10.2 Å². The molecule has 0 fully saturated rings. The molecular weight excluding hydrogens is 323 g/mol. The smallest absolute Gasteiger partial charge is 0.248 e. The summed E-state index contributed by atoms with van der Waals surface area (Å²) in [6.45, 7) is 0. The van der Waals surface area contributed by atoms with E-state index in [1.54, 1.807) is 14.2 Å². The molecule has 0 unspecified atom stereocenters. The predicted octanol–water partition coefficient (Wildman–Crippen LogP) is 2.36. The fourth-order valence-electron chi connectivity index (χ4n) is 1.31. The van der Waals surface area contributed by atoms with Gasteiger partial charge in [-0.3, -0.25) is 0 Å². The molecule has 5 nitrogen and oxygen atoms in total. The zero-order chi connectivity index (χ0) is 11.5. The van der Waals surface area contributed by atoms with E-state index in [0.717, 1.165) is 9.13 Å². The Balaban J connectivity index is 2.55. The lowest BCUT2D eigenvalue weighted by atomic mass is 10.2. The van der Waals surface area contributed by atoms with Crippen LogP contribution in [0.25, 0.3) is 11.5 Å². The molecule has 16 heavy (non-hydrogen) atoms. The van der Waals surface area contributed by atoms with Crippen LogP contribution < -0.4 is 9.47 Å². The number of aromatic nitrogens is 2. The van der Waals surface area contributed by atoms with Gasteiger partial charge in [-0.05, 0) is 34.7 Å². The van der Waals surface area contributed by atoms with Crippen LogP contribution in [0.3, 0.4) is 0 Å². The van der Waals surface area contributed by atoms with Crippen molar-refractivity contribution in [2.45, 2.75) is 0 Å². The van der Waals surface area contributed by atoms with Crippen molar-refractivity contribution >= 4 is 22.6 Å². The third-order valence-electron chi connectivity index (χ3n) is 2.06. The summed E-state index contributed by atoms with van der Waals surface area (Å²) in [5.41, 5.74) is 0.829. The van der Waals surface area contributed by atoms with E-state index in [2.05, 4.69) is 32.8 Å². The lowest BCUT2D eigenvalue weighted by molar-refractivity contribution is 0.354. The van der Waals surface area contributed by atoms with Gasteiger partial charge in [0.15, 0.2) is 11.5 Å². The number of benzene rings is 1. The lowest BCUT2D eigenvalue weighted by Gasteiger charge is -2.09. The molecular formula is C10H9IN2O3. The second kappa shape index (κ2) is 4.69. The topological polar surface area (TPSA) is 57.4 Å². The summed E-state index contributed by atoms with van der Waals surface area (Å²) in [7, 11) is 3.18. The number of nitrogens with zero attached hydrogens (tertiary/aromatic N) is 2. The molecule has 0 amide bonds. The minimum atomic E-state index is 0.463. The fourth-order valence-corrected chi connectivity index (χ4v) is 1.98. The van der Waals surface area contributed by atoms with E-state index >= 15 is 0 Å². The molecule has 0 aliphatic heterocycles. The van der Waals surface area contributed by atoms with Crippen molar-refractivity contribution in [1.29, 1.82) is 0 Å². The number of hydrogen-bond acceptors (Lipinski definition) is 5.